The highest BCUT2D eigenvalue weighted by Gasteiger charge is 2.19. The number of amides is 2. The first-order valence-electron chi connectivity index (χ1n) is 9.62. The van der Waals surface area contributed by atoms with E-state index in [2.05, 4.69) is 20.4 Å². The van der Waals surface area contributed by atoms with Gasteiger partial charge in [0, 0.05) is 17.8 Å². The van der Waals surface area contributed by atoms with Gasteiger partial charge < -0.3 is 11.1 Å². The van der Waals surface area contributed by atoms with Crippen LogP contribution in [0, 0.1) is 5.82 Å². The van der Waals surface area contributed by atoms with Crippen molar-refractivity contribution in [2.75, 3.05) is 0 Å². The fourth-order valence-electron chi connectivity index (χ4n) is 3.37. The normalized spacial score (nSPS) is 11.9. The van der Waals surface area contributed by atoms with E-state index in [0.29, 0.717) is 28.6 Å². The molecule has 0 aliphatic heterocycles. The van der Waals surface area contributed by atoms with Crippen LogP contribution in [-0.2, 0) is 0 Å². The first-order chi connectivity index (χ1) is 15.0. The van der Waals surface area contributed by atoms with E-state index in [-0.39, 0.29) is 23.5 Å². The number of rotatable bonds is 6. The molecule has 0 unspecified atom stereocenters. The number of carbonyl (C=O) groups excluding carboxylic acids is 2. The maximum Gasteiger partial charge on any atom is 0.267 e. The van der Waals surface area contributed by atoms with Crippen molar-refractivity contribution < 1.29 is 14.0 Å². The minimum atomic E-state index is -0.634. The lowest BCUT2D eigenvalue weighted by molar-refractivity contribution is 0.0936. The standard InChI is InChI=1S/C22H19FN6O2/c1-2-18(13-7-8-26-19(9-13)21(24)30)28-22(31)17-10-25-12-20-16(17)11-27-29(20)15-5-3-14(23)4-6-15/h3-12,18H,2H2,1H3,(H2,24,30)(H,28,31)/t18-/m0/s1. The Balaban J connectivity index is 1.65. The van der Waals surface area contributed by atoms with E-state index < -0.39 is 5.91 Å². The van der Waals surface area contributed by atoms with E-state index in [4.69, 9.17) is 5.73 Å². The van der Waals surface area contributed by atoms with Gasteiger partial charge in [-0.1, -0.05) is 6.92 Å². The topological polar surface area (TPSA) is 116 Å². The molecule has 0 spiro atoms. The minimum absolute atomic E-state index is 0.134. The molecule has 0 bridgehead atoms. The molecule has 0 fully saturated rings. The van der Waals surface area contributed by atoms with Gasteiger partial charge in [0.2, 0.25) is 0 Å². The van der Waals surface area contributed by atoms with Crippen molar-refractivity contribution in [1.82, 2.24) is 25.1 Å². The highest BCUT2D eigenvalue weighted by molar-refractivity contribution is 6.06. The predicted octanol–water partition coefficient (Wildman–Crippen LogP) is 2.93. The zero-order chi connectivity index (χ0) is 22.0. The summed E-state index contributed by atoms with van der Waals surface area (Å²) in [5.41, 5.74) is 7.79. The molecule has 3 N–H and O–H groups in total. The smallest absolute Gasteiger partial charge is 0.267 e. The lowest BCUT2D eigenvalue weighted by Gasteiger charge is -2.18. The van der Waals surface area contributed by atoms with Crippen LogP contribution in [0.2, 0.25) is 0 Å². The van der Waals surface area contributed by atoms with Crippen LogP contribution in [0.15, 0.2) is 61.2 Å². The van der Waals surface area contributed by atoms with Gasteiger partial charge in [-0.05, 0) is 48.4 Å². The van der Waals surface area contributed by atoms with E-state index in [1.807, 2.05) is 6.92 Å². The van der Waals surface area contributed by atoms with Crippen LogP contribution < -0.4 is 11.1 Å². The summed E-state index contributed by atoms with van der Waals surface area (Å²) in [5.74, 6) is -1.31. The average molecular weight is 418 g/mol. The summed E-state index contributed by atoms with van der Waals surface area (Å²) < 4.78 is 14.8. The van der Waals surface area contributed by atoms with E-state index in [1.54, 1.807) is 41.3 Å². The average Bonchev–Trinajstić information content (AvgIpc) is 3.22. The number of aromatic nitrogens is 4. The second-order valence-electron chi connectivity index (χ2n) is 6.93. The number of nitrogens with one attached hydrogen (secondary N) is 1. The quantitative estimate of drug-likeness (QED) is 0.499. The van der Waals surface area contributed by atoms with Gasteiger partial charge >= 0.3 is 0 Å². The van der Waals surface area contributed by atoms with Crippen molar-refractivity contribution in [2.45, 2.75) is 19.4 Å². The summed E-state index contributed by atoms with van der Waals surface area (Å²) in [6.07, 6.45) is 6.73. The molecule has 0 saturated carbocycles. The van der Waals surface area contributed by atoms with E-state index in [1.165, 1.54) is 24.5 Å². The van der Waals surface area contributed by atoms with E-state index in [0.717, 1.165) is 5.56 Å². The van der Waals surface area contributed by atoms with Gasteiger partial charge in [-0.3, -0.25) is 19.6 Å². The second-order valence-corrected chi connectivity index (χ2v) is 6.93. The molecule has 8 nitrogen and oxygen atoms in total. The van der Waals surface area contributed by atoms with Crippen molar-refractivity contribution in [1.29, 1.82) is 0 Å². The number of nitrogens with two attached hydrogens (primary N) is 1. The van der Waals surface area contributed by atoms with Gasteiger partial charge in [0.05, 0.1) is 35.2 Å². The summed E-state index contributed by atoms with van der Waals surface area (Å²) in [4.78, 5) is 32.6. The van der Waals surface area contributed by atoms with Crippen LogP contribution >= 0.6 is 0 Å². The largest absolute Gasteiger partial charge is 0.364 e. The van der Waals surface area contributed by atoms with Gasteiger partial charge in [-0.15, -0.1) is 0 Å². The molecule has 0 saturated heterocycles. The number of hydrogen-bond acceptors (Lipinski definition) is 5. The first-order valence-corrected chi connectivity index (χ1v) is 9.62. The van der Waals surface area contributed by atoms with Crippen molar-refractivity contribution in [3.8, 4) is 5.69 Å². The zero-order valence-electron chi connectivity index (χ0n) is 16.6. The maximum atomic E-state index is 13.3. The summed E-state index contributed by atoms with van der Waals surface area (Å²) >= 11 is 0. The van der Waals surface area contributed by atoms with Crippen LogP contribution in [0.4, 0.5) is 4.39 Å². The molecule has 4 aromatic rings. The van der Waals surface area contributed by atoms with Crippen molar-refractivity contribution >= 4 is 22.7 Å². The number of fused-ring (bicyclic) bond motifs is 1. The van der Waals surface area contributed by atoms with Gasteiger partial charge in [0.1, 0.15) is 11.5 Å². The highest BCUT2D eigenvalue weighted by atomic mass is 19.1. The van der Waals surface area contributed by atoms with Crippen LogP contribution in [0.5, 0.6) is 0 Å². The van der Waals surface area contributed by atoms with Gasteiger partial charge in [-0.2, -0.15) is 5.10 Å². The van der Waals surface area contributed by atoms with Crippen molar-refractivity contribution in [3.05, 3.63) is 83.8 Å². The van der Waals surface area contributed by atoms with Crippen molar-refractivity contribution in [2.24, 2.45) is 5.73 Å². The zero-order valence-corrected chi connectivity index (χ0v) is 16.6. The summed E-state index contributed by atoms with van der Waals surface area (Å²) in [5, 5.41) is 7.92. The molecule has 0 aliphatic carbocycles. The molecule has 4 rings (SSSR count). The number of nitrogens with zero attached hydrogens (tertiary/aromatic N) is 4. The molecular formula is C22H19FN6O2. The van der Waals surface area contributed by atoms with Crippen molar-refractivity contribution in [3.63, 3.8) is 0 Å². The number of pyridine rings is 2. The SMILES string of the molecule is CC[C@H](NC(=O)c1cncc2c1cnn2-c1ccc(F)cc1)c1ccnc(C(N)=O)c1. The highest BCUT2D eigenvalue weighted by Crippen LogP contribution is 2.23. The lowest BCUT2D eigenvalue weighted by Crippen LogP contribution is -2.28. The minimum Gasteiger partial charge on any atom is -0.364 e. The Morgan fingerprint density at radius 1 is 1.16 bits per heavy atom. The molecule has 1 atom stereocenters. The van der Waals surface area contributed by atoms with Crippen LogP contribution in [-0.4, -0.2) is 31.6 Å². The second kappa shape index (κ2) is 8.31. The Hall–Kier alpha value is -4.14. The Bertz CT molecular complexity index is 1270. The maximum absolute atomic E-state index is 13.3. The first kappa shape index (κ1) is 20.1. The molecule has 1 aromatic carbocycles. The van der Waals surface area contributed by atoms with E-state index in [9.17, 15) is 14.0 Å². The molecule has 0 aliphatic rings. The van der Waals surface area contributed by atoms with Crippen LogP contribution in [0.1, 0.15) is 45.8 Å². The summed E-state index contributed by atoms with van der Waals surface area (Å²) in [7, 11) is 0. The van der Waals surface area contributed by atoms with Gasteiger partial charge in [-0.25, -0.2) is 9.07 Å². The molecule has 0 radical (unpaired) electrons. The predicted molar refractivity (Wildman–Crippen MR) is 112 cm³/mol. The Labute approximate surface area is 176 Å². The Morgan fingerprint density at radius 3 is 2.65 bits per heavy atom. The van der Waals surface area contributed by atoms with Crippen LogP contribution in [0.25, 0.3) is 16.6 Å². The summed E-state index contributed by atoms with van der Waals surface area (Å²) in [6.45, 7) is 1.92. The fourth-order valence-corrected chi connectivity index (χ4v) is 3.37. The third-order valence-electron chi connectivity index (χ3n) is 4.97. The van der Waals surface area contributed by atoms with Crippen LogP contribution in [0.3, 0.4) is 0 Å². The fraction of sp³-hybridized carbons (Fsp3) is 0.136. The number of benzene rings is 1. The Morgan fingerprint density at radius 2 is 1.94 bits per heavy atom. The number of carbonyl (C=O) groups is 2. The monoisotopic (exact) mass is 418 g/mol. The van der Waals surface area contributed by atoms with Gasteiger partial charge in [0.15, 0.2) is 0 Å². The number of halogens is 1. The summed E-state index contributed by atoms with van der Waals surface area (Å²) in [6, 6.07) is 8.83. The van der Waals surface area contributed by atoms with E-state index >= 15 is 0 Å². The molecule has 9 heteroatoms. The molecule has 3 aromatic heterocycles. The van der Waals surface area contributed by atoms with Gasteiger partial charge in [0.25, 0.3) is 11.8 Å². The number of primary amides is 1. The molecular weight excluding hydrogens is 399 g/mol. The molecule has 156 valence electrons. The molecule has 2 amide bonds. The molecule has 31 heavy (non-hydrogen) atoms. The third-order valence-corrected chi connectivity index (χ3v) is 4.97. The Kier molecular flexibility index (Phi) is 5.40. The molecule has 3 heterocycles. The lowest BCUT2D eigenvalue weighted by atomic mass is 10.0. The third kappa shape index (κ3) is 3.97. The number of hydrogen-bond donors (Lipinski definition) is 2.